The Morgan fingerprint density at radius 2 is 1.47 bits per heavy atom. The second kappa shape index (κ2) is 9.14. The molecule has 0 saturated carbocycles. The van der Waals surface area contributed by atoms with E-state index < -0.39 is 6.29 Å². The number of ether oxygens (including phenoxy) is 1. The third-order valence-corrected chi connectivity index (χ3v) is 2.29. The van der Waals surface area contributed by atoms with Crippen molar-refractivity contribution < 1.29 is 14.9 Å². The van der Waals surface area contributed by atoms with Crippen molar-refractivity contribution >= 4 is 0 Å². The molecule has 0 amide bonds. The SMILES string of the molecule is CC(O)Oc1ccccc1.OCCc1ccccc1. The van der Waals surface area contributed by atoms with Crippen LogP contribution in [0.4, 0.5) is 0 Å². The molecular formula is C16H20O3. The molecule has 3 nitrogen and oxygen atoms in total. The maximum absolute atomic E-state index is 8.78. The summed E-state index contributed by atoms with van der Waals surface area (Å²) in [5.74, 6) is 0.692. The third-order valence-electron chi connectivity index (χ3n) is 2.29. The average molecular weight is 260 g/mol. The van der Waals surface area contributed by atoms with E-state index in [-0.39, 0.29) is 6.61 Å². The summed E-state index contributed by atoms with van der Waals surface area (Å²) in [5.41, 5.74) is 1.19. The fourth-order valence-electron chi connectivity index (χ4n) is 1.47. The van der Waals surface area contributed by atoms with Crippen LogP contribution < -0.4 is 4.74 Å². The van der Waals surface area contributed by atoms with Crippen LogP contribution in [0.3, 0.4) is 0 Å². The van der Waals surface area contributed by atoms with Gasteiger partial charge in [-0.2, -0.15) is 0 Å². The lowest BCUT2D eigenvalue weighted by Crippen LogP contribution is -2.08. The van der Waals surface area contributed by atoms with Crippen molar-refractivity contribution in [2.45, 2.75) is 19.6 Å². The molecular weight excluding hydrogens is 240 g/mol. The van der Waals surface area contributed by atoms with Gasteiger partial charge in [0.05, 0.1) is 0 Å². The van der Waals surface area contributed by atoms with E-state index in [1.807, 2.05) is 48.5 Å². The molecule has 0 aliphatic rings. The van der Waals surface area contributed by atoms with Crippen LogP contribution in [0.25, 0.3) is 0 Å². The van der Waals surface area contributed by atoms with Crippen LogP contribution in [-0.4, -0.2) is 23.1 Å². The Bertz CT molecular complexity index is 426. The zero-order valence-corrected chi connectivity index (χ0v) is 11.1. The maximum Gasteiger partial charge on any atom is 0.194 e. The second-order valence-corrected chi connectivity index (χ2v) is 3.99. The molecule has 3 heteroatoms. The van der Waals surface area contributed by atoms with Gasteiger partial charge in [0, 0.05) is 6.61 Å². The summed E-state index contributed by atoms with van der Waals surface area (Å²) in [5, 5.41) is 17.3. The molecule has 0 aliphatic carbocycles. The Morgan fingerprint density at radius 1 is 0.947 bits per heavy atom. The number of aliphatic hydroxyl groups excluding tert-OH is 2. The van der Waals surface area contributed by atoms with E-state index in [0.717, 1.165) is 6.42 Å². The summed E-state index contributed by atoms with van der Waals surface area (Å²) in [7, 11) is 0. The lowest BCUT2D eigenvalue weighted by Gasteiger charge is -2.06. The third kappa shape index (κ3) is 7.24. The fraction of sp³-hybridized carbons (Fsp3) is 0.250. The van der Waals surface area contributed by atoms with Crippen molar-refractivity contribution in [3.05, 3.63) is 66.2 Å². The molecule has 0 heterocycles. The first-order valence-electron chi connectivity index (χ1n) is 6.27. The summed E-state index contributed by atoms with van der Waals surface area (Å²) in [6.45, 7) is 1.82. The molecule has 0 fully saturated rings. The zero-order valence-electron chi connectivity index (χ0n) is 11.1. The summed E-state index contributed by atoms with van der Waals surface area (Å²) in [6, 6.07) is 19.2. The molecule has 0 bridgehead atoms. The van der Waals surface area contributed by atoms with Crippen molar-refractivity contribution in [3.63, 3.8) is 0 Å². The van der Waals surface area contributed by atoms with Gasteiger partial charge < -0.3 is 14.9 Å². The molecule has 2 rings (SSSR count). The van der Waals surface area contributed by atoms with Crippen LogP contribution in [0.2, 0.25) is 0 Å². The number of rotatable bonds is 4. The van der Waals surface area contributed by atoms with Crippen LogP contribution in [0, 0.1) is 0 Å². The number of aliphatic hydroxyl groups is 2. The van der Waals surface area contributed by atoms with Crippen molar-refractivity contribution in [1.82, 2.24) is 0 Å². The number of hydrogen-bond acceptors (Lipinski definition) is 3. The molecule has 0 radical (unpaired) electrons. The topological polar surface area (TPSA) is 49.7 Å². The van der Waals surface area contributed by atoms with E-state index in [2.05, 4.69) is 0 Å². The van der Waals surface area contributed by atoms with E-state index in [0.29, 0.717) is 5.75 Å². The minimum Gasteiger partial charge on any atom is -0.465 e. The van der Waals surface area contributed by atoms with E-state index in [9.17, 15) is 0 Å². The lowest BCUT2D eigenvalue weighted by atomic mass is 10.2. The highest BCUT2D eigenvalue weighted by atomic mass is 16.6. The number of para-hydroxylation sites is 1. The zero-order chi connectivity index (χ0) is 13.9. The second-order valence-electron chi connectivity index (χ2n) is 3.99. The van der Waals surface area contributed by atoms with Crippen molar-refractivity contribution in [2.24, 2.45) is 0 Å². The minimum atomic E-state index is -0.734. The minimum absolute atomic E-state index is 0.240. The predicted octanol–water partition coefficient (Wildman–Crippen LogP) is 2.63. The maximum atomic E-state index is 8.78. The lowest BCUT2D eigenvalue weighted by molar-refractivity contribution is -0.000288. The van der Waals surface area contributed by atoms with Crippen molar-refractivity contribution in [1.29, 1.82) is 0 Å². The van der Waals surface area contributed by atoms with Gasteiger partial charge >= 0.3 is 0 Å². The molecule has 19 heavy (non-hydrogen) atoms. The van der Waals surface area contributed by atoms with Crippen LogP contribution >= 0.6 is 0 Å². The van der Waals surface area contributed by atoms with Gasteiger partial charge in [0.1, 0.15) is 5.75 Å². The first kappa shape index (κ1) is 15.2. The first-order chi connectivity index (χ1) is 9.22. The van der Waals surface area contributed by atoms with Crippen LogP contribution in [0.5, 0.6) is 5.75 Å². The van der Waals surface area contributed by atoms with E-state index in [4.69, 9.17) is 14.9 Å². The smallest absolute Gasteiger partial charge is 0.194 e. The highest BCUT2D eigenvalue weighted by Gasteiger charge is 1.94. The van der Waals surface area contributed by atoms with Gasteiger partial charge in [-0.15, -0.1) is 0 Å². The van der Waals surface area contributed by atoms with E-state index in [1.54, 1.807) is 19.1 Å². The number of benzene rings is 2. The van der Waals surface area contributed by atoms with Crippen molar-refractivity contribution in [3.8, 4) is 5.75 Å². The van der Waals surface area contributed by atoms with E-state index >= 15 is 0 Å². The molecule has 0 spiro atoms. The van der Waals surface area contributed by atoms with Gasteiger partial charge in [-0.05, 0) is 31.0 Å². The molecule has 0 saturated heterocycles. The predicted molar refractivity (Wildman–Crippen MR) is 76.0 cm³/mol. The summed E-state index contributed by atoms with van der Waals surface area (Å²) in [4.78, 5) is 0. The quantitative estimate of drug-likeness (QED) is 0.831. The standard InChI is InChI=1S/C8H10O2.C8H10O/c1-7(9)10-8-5-3-2-4-6-8;9-7-6-8-4-2-1-3-5-8/h2-7,9H,1H3;1-5,9H,6-7H2. The Balaban J connectivity index is 0.000000191. The highest BCUT2D eigenvalue weighted by Crippen LogP contribution is 2.09. The Morgan fingerprint density at radius 3 is 1.95 bits per heavy atom. The summed E-state index contributed by atoms with van der Waals surface area (Å²) < 4.78 is 4.97. The Kier molecular flexibility index (Phi) is 7.32. The molecule has 0 aliphatic heterocycles. The number of hydrogen-bond donors (Lipinski definition) is 2. The molecule has 2 aromatic carbocycles. The fourth-order valence-corrected chi connectivity index (χ4v) is 1.47. The Hall–Kier alpha value is -1.84. The van der Waals surface area contributed by atoms with Crippen LogP contribution in [0.15, 0.2) is 60.7 Å². The van der Waals surface area contributed by atoms with Gasteiger partial charge in [0.15, 0.2) is 6.29 Å². The van der Waals surface area contributed by atoms with E-state index in [1.165, 1.54) is 5.56 Å². The average Bonchev–Trinajstić information content (AvgIpc) is 2.41. The van der Waals surface area contributed by atoms with Crippen LogP contribution in [-0.2, 0) is 6.42 Å². The molecule has 102 valence electrons. The largest absolute Gasteiger partial charge is 0.465 e. The van der Waals surface area contributed by atoms with Gasteiger partial charge in [-0.3, -0.25) is 0 Å². The highest BCUT2D eigenvalue weighted by molar-refractivity contribution is 5.20. The molecule has 1 unspecified atom stereocenters. The summed E-state index contributed by atoms with van der Waals surface area (Å²) in [6.07, 6.45) is 0.0308. The van der Waals surface area contributed by atoms with Gasteiger partial charge in [-0.25, -0.2) is 0 Å². The van der Waals surface area contributed by atoms with Crippen molar-refractivity contribution in [2.75, 3.05) is 6.61 Å². The van der Waals surface area contributed by atoms with Crippen LogP contribution in [0.1, 0.15) is 12.5 Å². The Labute approximate surface area is 114 Å². The molecule has 2 aromatic rings. The van der Waals surface area contributed by atoms with Gasteiger partial charge in [-0.1, -0.05) is 48.5 Å². The molecule has 0 aromatic heterocycles. The molecule has 1 atom stereocenters. The monoisotopic (exact) mass is 260 g/mol. The summed E-state index contributed by atoms with van der Waals surface area (Å²) >= 11 is 0. The van der Waals surface area contributed by atoms with Gasteiger partial charge in [0.2, 0.25) is 0 Å². The normalized spacial score (nSPS) is 11.1. The first-order valence-corrected chi connectivity index (χ1v) is 6.27. The molecule has 2 N–H and O–H groups in total. The van der Waals surface area contributed by atoms with Gasteiger partial charge in [0.25, 0.3) is 0 Å².